The van der Waals surface area contributed by atoms with Crippen molar-refractivity contribution in [3.63, 3.8) is 0 Å². The van der Waals surface area contributed by atoms with Crippen molar-refractivity contribution in [2.24, 2.45) is 0 Å². The molecule has 0 saturated carbocycles. The molecule has 144 valence electrons. The number of aryl methyl sites for hydroxylation is 1. The molecule has 1 N–H and O–H groups in total. The molecule has 0 aliphatic carbocycles. The van der Waals surface area contributed by atoms with E-state index in [0.717, 1.165) is 32.1 Å². The molecule has 0 bridgehead atoms. The van der Waals surface area contributed by atoms with Crippen LogP contribution in [0.4, 0.5) is 0 Å². The summed E-state index contributed by atoms with van der Waals surface area (Å²) >= 11 is 0. The van der Waals surface area contributed by atoms with E-state index >= 15 is 0 Å². The Labute approximate surface area is 155 Å². The van der Waals surface area contributed by atoms with E-state index < -0.39 is 10.0 Å². The fourth-order valence-electron chi connectivity index (χ4n) is 2.94. The maximum Gasteiger partial charge on any atom is 0.240 e. The van der Waals surface area contributed by atoms with Gasteiger partial charge in [0.2, 0.25) is 10.0 Å². The summed E-state index contributed by atoms with van der Waals surface area (Å²) in [5.74, 6) is 0. The molecule has 0 atom stereocenters. The van der Waals surface area contributed by atoms with Crippen LogP contribution in [-0.4, -0.2) is 15.0 Å². The van der Waals surface area contributed by atoms with Crippen molar-refractivity contribution >= 4 is 10.0 Å². The molecule has 1 rings (SSSR count). The number of unbranched alkanes of at least 4 members (excludes halogenated alkanes) is 9. The summed E-state index contributed by atoms with van der Waals surface area (Å²) in [6.07, 6.45) is 14.5. The molecule has 0 saturated heterocycles. The predicted octanol–water partition coefficient (Wildman–Crippen LogP) is 5.84. The monoisotopic (exact) mass is 367 g/mol. The van der Waals surface area contributed by atoms with Crippen molar-refractivity contribution < 1.29 is 8.42 Å². The molecule has 0 spiro atoms. The zero-order chi connectivity index (χ0) is 18.4. The lowest BCUT2D eigenvalue weighted by atomic mass is 10.1. The number of hydrogen-bond donors (Lipinski definition) is 1. The van der Waals surface area contributed by atoms with Gasteiger partial charge in [-0.1, -0.05) is 83.8 Å². The van der Waals surface area contributed by atoms with Crippen molar-refractivity contribution in [3.8, 4) is 0 Å². The van der Waals surface area contributed by atoms with Gasteiger partial charge in [-0.3, -0.25) is 0 Å². The van der Waals surface area contributed by atoms with Gasteiger partial charge in [-0.15, -0.1) is 0 Å². The molecule has 4 heteroatoms. The van der Waals surface area contributed by atoms with Crippen LogP contribution in [0.5, 0.6) is 0 Å². The molecule has 1 aromatic carbocycles. The van der Waals surface area contributed by atoms with Crippen molar-refractivity contribution in [3.05, 3.63) is 29.8 Å². The van der Waals surface area contributed by atoms with Gasteiger partial charge in [-0.2, -0.15) is 0 Å². The molecule has 1 aromatic rings. The highest BCUT2D eigenvalue weighted by molar-refractivity contribution is 7.89. The summed E-state index contributed by atoms with van der Waals surface area (Å²) in [5, 5.41) is 0. The van der Waals surface area contributed by atoms with Gasteiger partial charge in [0.25, 0.3) is 0 Å². The molecule has 0 aliphatic heterocycles. The first-order valence-electron chi connectivity index (χ1n) is 10.2. The molecule has 0 aromatic heterocycles. The van der Waals surface area contributed by atoms with Gasteiger partial charge in [-0.25, -0.2) is 13.1 Å². The summed E-state index contributed by atoms with van der Waals surface area (Å²) in [7, 11) is -3.36. The van der Waals surface area contributed by atoms with E-state index in [-0.39, 0.29) is 0 Å². The first kappa shape index (κ1) is 22.2. The Morgan fingerprint density at radius 2 is 1.24 bits per heavy atom. The lowest BCUT2D eigenvalue weighted by Gasteiger charge is -2.08. The average Bonchev–Trinajstić information content (AvgIpc) is 2.62. The summed E-state index contributed by atoms with van der Waals surface area (Å²) in [6, 6.07) is 7.32. The van der Waals surface area contributed by atoms with Crippen molar-refractivity contribution in [2.75, 3.05) is 6.54 Å². The molecule has 0 unspecified atom stereocenters. The van der Waals surface area contributed by atoms with Crippen molar-refractivity contribution in [1.29, 1.82) is 0 Å². The summed E-state index contributed by atoms with van der Waals surface area (Å²) < 4.78 is 27.3. The Morgan fingerprint density at radius 1 is 0.720 bits per heavy atom. The van der Waals surface area contributed by atoms with E-state index in [0.29, 0.717) is 11.4 Å². The van der Waals surface area contributed by atoms with E-state index in [1.165, 1.54) is 50.5 Å². The van der Waals surface area contributed by atoms with Crippen LogP contribution in [0.2, 0.25) is 0 Å². The quantitative estimate of drug-likeness (QED) is 0.396. The van der Waals surface area contributed by atoms with Gasteiger partial charge in [-0.05, 0) is 37.0 Å². The van der Waals surface area contributed by atoms with Crippen LogP contribution < -0.4 is 4.72 Å². The largest absolute Gasteiger partial charge is 0.240 e. The average molecular weight is 368 g/mol. The molecule has 25 heavy (non-hydrogen) atoms. The third-order valence-electron chi connectivity index (χ3n) is 4.63. The second kappa shape index (κ2) is 13.3. The minimum atomic E-state index is -3.36. The van der Waals surface area contributed by atoms with Gasteiger partial charge >= 0.3 is 0 Å². The van der Waals surface area contributed by atoms with Gasteiger partial charge in [0, 0.05) is 6.54 Å². The van der Waals surface area contributed by atoms with Crippen LogP contribution in [0, 0.1) is 0 Å². The normalized spacial score (nSPS) is 11.8. The molecular weight excluding hydrogens is 330 g/mol. The lowest BCUT2D eigenvalue weighted by molar-refractivity contribution is 0.554. The molecular formula is C21H37NO2S. The minimum absolute atomic E-state index is 0.378. The Hall–Kier alpha value is -0.870. The van der Waals surface area contributed by atoms with Crippen LogP contribution in [0.1, 0.15) is 90.0 Å². The third-order valence-corrected chi connectivity index (χ3v) is 6.10. The van der Waals surface area contributed by atoms with Gasteiger partial charge in [0.15, 0.2) is 0 Å². The second-order valence-electron chi connectivity index (χ2n) is 6.97. The zero-order valence-electron chi connectivity index (χ0n) is 16.2. The molecule has 0 aliphatic rings. The van der Waals surface area contributed by atoms with E-state index in [9.17, 15) is 8.42 Å². The Balaban J connectivity index is 2.18. The Morgan fingerprint density at radius 3 is 1.80 bits per heavy atom. The number of rotatable bonds is 15. The second-order valence-corrected chi connectivity index (χ2v) is 8.74. The first-order chi connectivity index (χ1) is 12.1. The van der Waals surface area contributed by atoms with Crippen molar-refractivity contribution in [2.45, 2.75) is 95.8 Å². The van der Waals surface area contributed by atoms with E-state index in [4.69, 9.17) is 0 Å². The maximum atomic E-state index is 12.3. The van der Waals surface area contributed by atoms with Crippen LogP contribution >= 0.6 is 0 Å². The molecule has 0 fully saturated rings. The number of benzene rings is 1. The van der Waals surface area contributed by atoms with E-state index in [1.54, 1.807) is 12.1 Å². The fraction of sp³-hybridized carbons (Fsp3) is 0.714. The topological polar surface area (TPSA) is 46.2 Å². The van der Waals surface area contributed by atoms with Gasteiger partial charge in [0.05, 0.1) is 4.90 Å². The predicted molar refractivity (Wildman–Crippen MR) is 107 cm³/mol. The number of sulfonamides is 1. The molecule has 0 radical (unpaired) electrons. The number of hydrogen-bond acceptors (Lipinski definition) is 2. The van der Waals surface area contributed by atoms with E-state index in [2.05, 4.69) is 18.6 Å². The molecule has 0 heterocycles. The highest BCUT2D eigenvalue weighted by atomic mass is 32.2. The van der Waals surface area contributed by atoms with Gasteiger partial charge < -0.3 is 0 Å². The maximum absolute atomic E-state index is 12.3. The highest BCUT2D eigenvalue weighted by Crippen LogP contribution is 2.13. The summed E-state index contributed by atoms with van der Waals surface area (Å²) in [4.78, 5) is 0.378. The van der Waals surface area contributed by atoms with Crippen molar-refractivity contribution in [1.82, 2.24) is 4.72 Å². The lowest BCUT2D eigenvalue weighted by Crippen LogP contribution is -2.24. The Bertz CT molecular complexity index is 538. The first-order valence-corrected chi connectivity index (χ1v) is 11.7. The SMILES string of the molecule is CCCCCCCCCCCNS(=O)(=O)c1ccc(CCCC)cc1. The molecule has 0 amide bonds. The number of nitrogens with one attached hydrogen (secondary N) is 1. The summed E-state index contributed by atoms with van der Waals surface area (Å²) in [5.41, 5.74) is 1.21. The summed E-state index contributed by atoms with van der Waals surface area (Å²) in [6.45, 7) is 4.94. The van der Waals surface area contributed by atoms with Crippen LogP contribution in [-0.2, 0) is 16.4 Å². The smallest absolute Gasteiger partial charge is 0.211 e. The van der Waals surface area contributed by atoms with Crippen LogP contribution in [0.25, 0.3) is 0 Å². The highest BCUT2D eigenvalue weighted by Gasteiger charge is 2.12. The van der Waals surface area contributed by atoms with E-state index in [1.807, 2.05) is 12.1 Å². The minimum Gasteiger partial charge on any atom is -0.211 e. The standard InChI is InChI=1S/C21H37NO2S/c1-3-5-7-8-9-10-11-12-13-19-22-25(23,24)21-17-15-20(16-18-21)14-6-4-2/h15-18,22H,3-14,19H2,1-2H3. The fourth-order valence-corrected chi connectivity index (χ4v) is 4.02. The zero-order valence-corrected chi connectivity index (χ0v) is 17.0. The Kier molecular flexibility index (Phi) is 11.8. The van der Waals surface area contributed by atoms with Crippen LogP contribution in [0.3, 0.4) is 0 Å². The molecule has 3 nitrogen and oxygen atoms in total. The third kappa shape index (κ3) is 10.0. The van der Waals surface area contributed by atoms with Gasteiger partial charge in [0.1, 0.15) is 0 Å². The van der Waals surface area contributed by atoms with Crippen LogP contribution in [0.15, 0.2) is 29.2 Å².